The molecule has 3 aliphatic rings. The highest BCUT2D eigenvalue weighted by Gasteiger charge is 2.52. The first-order valence-electron chi connectivity index (χ1n) is 10.3. The second-order valence-corrected chi connectivity index (χ2v) is 8.23. The number of quaternary nitrogens is 1. The van der Waals surface area contributed by atoms with Gasteiger partial charge < -0.3 is 15.1 Å². The fourth-order valence-electron chi connectivity index (χ4n) is 4.61. The molecule has 0 aromatic heterocycles. The molecule has 0 unspecified atom stereocenters. The molecule has 3 fully saturated rings. The molecule has 0 atom stereocenters. The minimum atomic E-state index is -0.763. The Morgan fingerprint density at radius 3 is 2.41 bits per heavy atom. The van der Waals surface area contributed by atoms with E-state index in [0.29, 0.717) is 31.5 Å². The van der Waals surface area contributed by atoms with E-state index in [1.165, 1.54) is 10.5 Å². The fraction of sp³-hybridized carbons (Fsp3) is 0.524. The predicted molar refractivity (Wildman–Crippen MR) is 104 cm³/mol. The average molecular weight is 396 g/mol. The van der Waals surface area contributed by atoms with Crippen LogP contribution in [-0.2, 0) is 16.1 Å². The summed E-state index contributed by atoms with van der Waals surface area (Å²) < 4.78 is 0. The Labute approximate surface area is 170 Å². The Kier molecular flexibility index (Phi) is 5.24. The number of nitrogens with zero attached hydrogens (tertiary/aromatic N) is 3. The monoisotopic (exact) mass is 396 g/mol. The highest BCUT2D eigenvalue weighted by molar-refractivity contribution is 6.09. The van der Waals surface area contributed by atoms with Crippen LogP contribution in [0.3, 0.4) is 0 Å². The summed E-state index contributed by atoms with van der Waals surface area (Å²) >= 11 is 0. The van der Waals surface area contributed by atoms with Crippen molar-refractivity contribution in [1.29, 1.82) is 5.26 Å². The first kappa shape index (κ1) is 19.4. The van der Waals surface area contributed by atoms with Gasteiger partial charge in [-0.3, -0.25) is 14.5 Å². The standard InChI is InChI=1S/C21H25N5O3/c22-13-16-3-5-17(6-4-16)14-24-9-11-25(12-10-24)18(27)15-26-19(28)21(23-20(26)29)7-1-2-8-21/h3-6H,1-2,7-12,14-15H2,(H,23,29)/p+1. The Morgan fingerprint density at radius 1 is 1.14 bits per heavy atom. The summed E-state index contributed by atoms with van der Waals surface area (Å²) in [6, 6.07) is 9.28. The zero-order valence-corrected chi connectivity index (χ0v) is 16.4. The number of hydrogen-bond donors (Lipinski definition) is 2. The van der Waals surface area contributed by atoms with Gasteiger partial charge in [0.15, 0.2) is 0 Å². The fourth-order valence-corrected chi connectivity index (χ4v) is 4.61. The molecule has 2 heterocycles. The smallest absolute Gasteiger partial charge is 0.325 e. The van der Waals surface area contributed by atoms with Gasteiger partial charge >= 0.3 is 6.03 Å². The normalized spacial score (nSPS) is 21.5. The van der Waals surface area contributed by atoms with Gasteiger partial charge in [-0.15, -0.1) is 0 Å². The first-order valence-corrected chi connectivity index (χ1v) is 10.3. The van der Waals surface area contributed by atoms with Crippen molar-refractivity contribution in [3.63, 3.8) is 0 Å². The third-order valence-corrected chi connectivity index (χ3v) is 6.36. The van der Waals surface area contributed by atoms with Gasteiger partial charge in [-0.2, -0.15) is 5.26 Å². The third kappa shape index (κ3) is 3.83. The molecule has 1 aromatic rings. The molecule has 0 bridgehead atoms. The number of hydrogen-bond acceptors (Lipinski definition) is 4. The maximum atomic E-state index is 12.7. The number of urea groups is 1. The molecular weight excluding hydrogens is 370 g/mol. The highest BCUT2D eigenvalue weighted by Crippen LogP contribution is 2.34. The molecule has 2 aliphatic heterocycles. The number of carbonyl (C=O) groups excluding carboxylic acids is 3. The lowest BCUT2D eigenvalue weighted by Crippen LogP contribution is -3.13. The van der Waals surface area contributed by atoms with Gasteiger partial charge in [-0.25, -0.2) is 4.79 Å². The van der Waals surface area contributed by atoms with Crippen LogP contribution >= 0.6 is 0 Å². The molecule has 152 valence electrons. The molecule has 2 N–H and O–H groups in total. The van der Waals surface area contributed by atoms with Crippen molar-refractivity contribution in [3.05, 3.63) is 35.4 Å². The topological polar surface area (TPSA) is 97.9 Å². The summed E-state index contributed by atoms with van der Waals surface area (Å²) in [7, 11) is 0. The van der Waals surface area contributed by atoms with Crippen LogP contribution in [-0.4, -0.2) is 65.9 Å². The Morgan fingerprint density at radius 2 is 1.79 bits per heavy atom. The number of benzene rings is 1. The van der Waals surface area contributed by atoms with Crippen molar-refractivity contribution in [2.24, 2.45) is 0 Å². The van der Waals surface area contributed by atoms with Crippen molar-refractivity contribution in [2.45, 2.75) is 37.8 Å². The van der Waals surface area contributed by atoms with Gasteiger partial charge in [0.25, 0.3) is 5.91 Å². The molecule has 0 radical (unpaired) electrons. The summed E-state index contributed by atoms with van der Waals surface area (Å²) in [5.74, 6) is -0.403. The van der Waals surface area contributed by atoms with Crippen molar-refractivity contribution in [3.8, 4) is 6.07 Å². The van der Waals surface area contributed by atoms with E-state index in [0.717, 1.165) is 37.4 Å². The molecule has 1 spiro atoms. The SMILES string of the molecule is N#Cc1ccc(C[NH+]2CCN(C(=O)CN3C(=O)NC4(CCCC4)C3=O)CC2)cc1. The van der Waals surface area contributed by atoms with E-state index in [-0.39, 0.29) is 18.4 Å². The lowest BCUT2D eigenvalue weighted by atomic mass is 9.98. The van der Waals surface area contributed by atoms with E-state index in [1.54, 1.807) is 4.90 Å². The summed E-state index contributed by atoms with van der Waals surface area (Å²) in [5, 5.41) is 11.7. The minimum absolute atomic E-state index is 0.166. The highest BCUT2D eigenvalue weighted by atomic mass is 16.2. The van der Waals surface area contributed by atoms with Crippen LogP contribution < -0.4 is 10.2 Å². The number of carbonyl (C=O) groups is 3. The van der Waals surface area contributed by atoms with Crippen LogP contribution in [0, 0.1) is 11.3 Å². The van der Waals surface area contributed by atoms with Crippen LogP contribution in [0.15, 0.2) is 24.3 Å². The summed E-state index contributed by atoms with van der Waals surface area (Å²) in [4.78, 5) is 41.9. The Hall–Kier alpha value is -2.92. The molecule has 1 saturated carbocycles. The van der Waals surface area contributed by atoms with Crippen LogP contribution in [0.2, 0.25) is 0 Å². The Bertz CT molecular complexity index is 846. The first-order chi connectivity index (χ1) is 14.0. The van der Waals surface area contributed by atoms with Gasteiger partial charge in [0, 0.05) is 5.56 Å². The van der Waals surface area contributed by atoms with E-state index in [1.807, 2.05) is 24.3 Å². The summed E-state index contributed by atoms with van der Waals surface area (Å²) in [6.07, 6.45) is 3.19. The zero-order valence-electron chi connectivity index (χ0n) is 16.4. The van der Waals surface area contributed by atoms with Gasteiger partial charge in [0.2, 0.25) is 5.91 Å². The number of nitriles is 1. The van der Waals surface area contributed by atoms with E-state index >= 15 is 0 Å². The van der Waals surface area contributed by atoms with Gasteiger partial charge in [0.05, 0.1) is 37.8 Å². The van der Waals surface area contributed by atoms with E-state index in [4.69, 9.17) is 5.26 Å². The molecule has 8 nitrogen and oxygen atoms in total. The van der Waals surface area contributed by atoms with Crippen LogP contribution in [0.4, 0.5) is 4.79 Å². The van der Waals surface area contributed by atoms with E-state index < -0.39 is 11.6 Å². The minimum Gasteiger partial charge on any atom is -0.330 e. The number of amides is 4. The molecule has 4 amide bonds. The Balaban J connectivity index is 1.28. The van der Waals surface area contributed by atoms with Crippen LogP contribution in [0.1, 0.15) is 36.8 Å². The molecular formula is C21H26N5O3+. The number of rotatable bonds is 4. The zero-order chi connectivity index (χ0) is 20.4. The van der Waals surface area contributed by atoms with E-state index in [9.17, 15) is 14.4 Å². The van der Waals surface area contributed by atoms with Crippen molar-refractivity contribution in [1.82, 2.24) is 15.1 Å². The number of nitrogens with one attached hydrogen (secondary N) is 2. The van der Waals surface area contributed by atoms with Gasteiger partial charge in [-0.1, -0.05) is 25.0 Å². The predicted octanol–water partition coefficient (Wildman–Crippen LogP) is -0.350. The van der Waals surface area contributed by atoms with E-state index in [2.05, 4.69) is 11.4 Å². The van der Waals surface area contributed by atoms with Crippen molar-refractivity contribution in [2.75, 3.05) is 32.7 Å². The molecule has 2 saturated heterocycles. The molecule has 1 aromatic carbocycles. The lowest BCUT2D eigenvalue weighted by Gasteiger charge is -2.33. The molecule has 29 heavy (non-hydrogen) atoms. The maximum Gasteiger partial charge on any atom is 0.325 e. The molecule has 8 heteroatoms. The average Bonchev–Trinajstić information content (AvgIpc) is 3.29. The van der Waals surface area contributed by atoms with Crippen LogP contribution in [0.25, 0.3) is 0 Å². The number of imide groups is 1. The van der Waals surface area contributed by atoms with Crippen LogP contribution in [0.5, 0.6) is 0 Å². The largest absolute Gasteiger partial charge is 0.330 e. The quantitative estimate of drug-likeness (QED) is 0.680. The second kappa shape index (κ2) is 7.84. The van der Waals surface area contributed by atoms with Crippen molar-refractivity contribution >= 4 is 17.8 Å². The molecule has 1 aliphatic carbocycles. The van der Waals surface area contributed by atoms with Gasteiger partial charge in [-0.05, 0) is 25.0 Å². The second-order valence-electron chi connectivity index (χ2n) is 8.23. The third-order valence-electron chi connectivity index (χ3n) is 6.36. The lowest BCUT2D eigenvalue weighted by molar-refractivity contribution is -0.917. The van der Waals surface area contributed by atoms with Crippen molar-refractivity contribution < 1.29 is 19.3 Å². The summed E-state index contributed by atoms with van der Waals surface area (Å²) in [6.45, 7) is 3.53. The number of piperazine rings is 1. The molecule has 4 rings (SSSR count). The summed E-state index contributed by atoms with van der Waals surface area (Å²) in [5.41, 5.74) is 1.06. The maximum absolute atomic E-state index is 12.7. The van der Waals surface area contributed by atoms with Gasteiger partial charge in [0.1, 0.15) is 18.6 Å².